The van der Waals surface area contributed by atoms with Gasteiger partial charge in [0.2, 0.25) is 0 Å². The highest BCUT2D eigenvalue weighted by Gasteiger charge is 2.21. The fourth-order valence-electron chi connectivity index (χ4n) is 3.80. The van der Waals surface area contributed by atoms with E-state index in [1.165, 1.54) is 19.3 Å². The first-order chi connectivity index (χ1) is 13.2. The van der Waals surface area contributed by atoms with Crippen LogP contribution in [-0.4, -0.2) is 81.2 Å². The maximum absolute atomic E-state index is 10.4. The molecule has 0 unspecified atom stereocenters. The molecule has 1 aliphatic heterocycles. The second-order valence-corrected chi connectivity index (χ2v) is 7.82. The molecule has 0 bridgehead atoms. The summed E-state index contributed by atoms with van der Waals surface area (Å²) in [5.74, 6) is 2.31. The summed E-state index contributed by atoms with van der Waals surface area (Å²) in [6, 6.07) is 6.00. The van der Waals surface area contributed by atoms with E-state index >= 15 is 0 Å². The minimum Gasteiger partial charge on any atom is -0.493 e. The largest absolute Gasteiger partial charge is 0.493 e. The number of morpholine rings is 1. The van der Waals surface area contributed by atoms with Gasteiger partial charge in [0.15, 0.2) is 11.5 Å². The first kappa shape index (κ1) is 20.4. The highest BCUT2D eigenvalue weighted by atomic mass is 16.5. The fraction of sp³-hybridized carbons (Fsp3) is 0.714. The lowest BCUT2D eigenvalue weighted by molar-refractivity contribution is 0.00431. The summed E-state index contributed by atoms with van der Waals surface area (Å²) in [5.41, 5.74) is 1.11. The molecule has 1 N–H and O–H groups in total. The average Bonchev–Trinajstić information content (AvgIpc) is 2.64. The summed E-state index contributed by atoms with van der Waals surface area (Å²) in [5, 5.41) is 10.4. The molecule has 0 amide bonds. The molecular formula is C21H34N2O4. The molecule has 0 aromatic heterocycles. The highest BCUT2D eigenvalue weighted by molar-refractivity contribution is 5.46. The topological polar surface area (TPSA) is 54.4 Å². The van der Waals surface area contributed by atoms with Crippen LogP contribution in [0.3, 0.4) is 0 Å². The van der Waals surface area contributed by atoms with Gasteiger partial charge < -0.3 is 24.2 Å². The number of methoxy groups -OCH3 is 1. The van der Waals surface area contributed by atoms with Gasteiger partial charge >= 0.3 is 0 Å². The third-order valence-electron chi connectivity index (χ3n) is 5.51. The van der Waals surface area contributed by atoms with Gasteiger partial charge in [-0.15, -0.1) is 0 Å². The van der Waals surface area contributed by atoms with Crippen molar-refractivity contribution >= 4 is 0 Å². The number of hydrogen-bond acceptors (Lipinski definition) is 6. The van der Waals surface area contributed by atoms with E-state index in [0.29, 0.717) is 6.54 Å². The van der Waals surface area contributed by atoms with Crippen molar-refractivity contribution in [2.24, 2.45) is 5.92 Å². The molecule has 1 aromatic carbocycles. The van der Waals surface area contributed by atoms with Gasteiger partial charge in [-0.1, -0.05) is 18.6 Å². The van der Waals surface area contributed by atoms with E-state index in [1.807, 2.05) is 12.1 Å². The van der Waals surface area contributed by atoms with Crippen molar-refractivity contribution in [1.82, 2.24) is 9.80 Å². The molecule has 2 fully saturated rings. The van der Waals surface area contributed by atoms with E-state index in [1.54, 1.807) is 7.11 Å². The van der Waals surface area contributed by atoms with E-state index in [-0.39, 0.29) is 6.61 Å². The molecule has 6 heteroatoms. The van der Waals surface area contributed by atoms with Crippen molar-refractivity contribution in [3.8, 4) is 11.5 Å². The van der Waals surface area contributed by atoms with E-state index in [0.717, 1.165) is 62.4 Å². The third-order valence-corrected chi connectivity index (χ3v) is 5.51. The van der Waals surface area contributed by atoms with Gasteiger partial charge in [-0.25, -0.2) is 0 Å². The van der Waals surface area contributed by atoms with Gasteiger partial charge in [0, 0.05) is 38.3 Å². The number of β-amino-alcohol motifs (C(OH)–C–C–N with tert-alkyl or cyclic N) is 1. The summed E-state index contributed by atoms with van der Waals surface area (Å²) in [6.45, 7) is 6.01. The molecule has 6 nitrogen and oxygen atoms in total. The first-order valence-electron chi connectivity index (χ1n) is 10.1. The summed E-state index contributed by atoms with van der Waals surface area (Å²) >= 11 is 0. The van der Waals surface area contributed by atoms with Crippen LogP contribution in [0.25, 0.3) is 0 Å². The second-order valence-electron chi connectivity index (χ2n) is 7.82. The monoisotopic (exact) mass is 378 g/mol. The number of hydrogen-bond donors (Lipinski definition) is 1. The second kappa shape index (κ2) is 10.3. The van der Waals surface area contributed by atoms with Crippen LogP contribution in [0.2, 0.25) is 0 Å². The van der Waals surface area contributed by atoms with Crippen LogP contribution >= 0.6 is 0 Å². The number of benzene rings is 1. The summed E-state index contributed by atoms with van der Waals surface area (Å²) in [4.78, 5) is 4.57. The lowest BCUT2D eigenvalue weighted by atomic mass is 9.85. The predicted octanol–water partition coefficient (Wildman–Crippen LogP) is 2.00. The number of rotatable bonds is 10. The zero-order valence-electron chi connectivity index (χ0n) is 16.7. The Morgan fingerprint density at radius 3 is 2.74 bits per heavy atom. The van der Waals surface area contributed by atoms with Gasteiger partial charge in [0.05, 0.1) is 20.3 Å². The van der Waals surface area contributed by atoms with Crippen LogP contribution in [0.4, 0.5) is 0 Å². The van der Waals surface area contributed by atoms with Gasteiger partial charge in [0.1, 0.15) is 12.7 Å². The Balaban J connectivity index is 1.56. The average molecular weight is 379 g/mol. The minimum absolute atomic E-state index is 0.261. The lowest BCUT2D eigenvalue weighted by Gasteiger charge is -2.31. The Labute approximate surface area is 163 Å². The van der Waals surface area contributed by atoms with Crippen LogP contribution in [0.1, 0.15) is 24.8 Å². The van der Waals surface area contributed by atoms with Crippen LogP contribution in [0, 0.1) is 5.92 Å². The molecule has 1 atom stereocenters. The molecule has 1 heterocycles. The van der Waals surface area contributed by atoms with E-state index in [4.69, 9.17) is 14.2 Å². The van der Waals surface area contributed by atoms with Crippen molar-refractivity contribution in [1.29, 1.82) is 0 Å². The Morgan fingerprint density at radius 2 is 2.07 bits per heavy atom. The van der Waals surface area contributed by atoms with Crippen molar-refractivity contribution in [2.75, 3.05) is 60.2 Å². The predicted molar refractivity (Wildman–Crippen MR) is 105 cm³/mol. The Hall–Kier alpha value is -1.34. The van der Waals surface area contributed by atoms with E-state index < -0.39 is 6.10 Å². The fourth-order valence-corrected chi connectivity index (χ4v) is 3.80. The number of aliphatic hydroxyl groups excluding tert-OH is 1. The number of ether oxygens (including phenoxy) is 3. The maximum Gasteiger partial charge on any atom is 0.165 e. The maximum atomic E-state index is 10.4. The lowest BCUT2D eigenvalue weighted by Crippen LogP contribution is -2.42. The number of aliphatic hydroxyl groups is 1. The molecule has 0 radical (unpaired) electrons. The SMILES string of the molecule is COc1cccc(CN(C)CC2CCC2)c1OC[C@@H](O)CN1CCOCC1. The molecule has 1 aromatic rings. The van der Waals surface area contributed by atoms with Crippen LogP contribution < -0.4 is 9.47 Å². The molecule has 152 valence electrons. The number of nitrogens with zero attached hydrogens (tertiary/aromatic N) is 2. The van der Waals surface area contributed by atoms with Crippen molar-refractivity contribution in [2.45, 2.75) is 31.9 Å². The normalized spacial score (nSPS) is 19.7. The smallest absolute Gasteiger partial charge is 0.165 e. The number of para-hydroxylation sites is 1. The minimum atomic E-state index is -0.534. The Kier molecular flexibility index (Phi) is 7.76. The molecular weight excluding hydrogens is 344 g/mol. The van der Waals surface area contributed by atoms with E-state index in [9.17, 15) is 5.11 Å². The van der Waals surface area contributed by atoms with Crippen LogP contribution in [0.5, 0.6) is 11.5 Å². The highest BCUT2D eigenvalue weighted by Crippen LogP contribution is 2.33. The summed E-state index contributed by atoms with van der Waals surface area (Å²) in [7, 11) is 3.82. The van der Waals surface area contributed by atoms with Gasteiger partial charge in [-0.2, -0.15) is 0 Å². The summed E-state index contributed by atoms with van der Waals surface area (Å²) in [6.07, 6.45) is 3.53. The van der Waals surface area contributed by atoms with Crippen molar-refractivity contribution in [3.05, 3.63) is 23.8 Å². The quantitative estimate of drug-likeness (QED) is 0.672. The zero-order valence-corrected chi connectivity index (χ0v) is 16.7. The van der Waals surface area contributed by atoms with Crippen LogP contribution in [0.15, 0.2) is 18.2 Å². The molecule has 27 heavy (non-hydrogen) atoms. The van der Waals surface area contributed by atoms with Gasteiger partial charge in [0.25, 0.3) is 0 Å². The van der Waals surface area contributed by atoms with Gasteiger partial charge in [-0.3, -0.25) is 4.90 Å². The van der Waals surface area contributed by atoms with Crippen LogP contribution in [-0.2, 0) is 11.3 Å². The molecule has 1 saturated carbocycles. The summed E-state index contributed by atoms with van der Waals surface area (Å²) < 4.78 is 16.9. The molecule has 1 saturated heterocycles. The van der Waals surface area contributed by atoms with Gasteiger partial charge in [-0.05, 0) is 31.9 Å². The third kappa shape index (κ3) is 6.07. The Morgan fingerprint density at radius 1 is 1.30 bits per heavy atom. The van der Waals surface area contributed by atoms with Crippen molar-refractivity contribution < 1.29 is 19.3 Å². The Bertz CT molecular complexity index is 573. The van der Waals surface area contributed by atoms with E-state index in [2.05, 4.69) is 22.9 Å². The zero-order chi connectivity index (χ0) is 19.1. The molecule has 3 rings (SSSR count). The molecule has 1 aliphatic carbocycles. The first-order valence-corrected chi connectivity index (χ1v) is 10.1. The molecule has 2 aliphatic rings. The van der Waals surface area contributed by atoms with Crippen molar-refractivity contribution in [3.63, 3.8) is 0 Å². The standard InChI is InChI=1S/C21H34N2O4/c1-22(13-17-5-3-6-17)14-18-7-4-8-20(25-2)21(18)27-16-19(24)15-23-9-11-26-12-10-23/h4,7-8,17,19,24H,3,5-6,9-16H2,1-2H3/t19-/m0/s1. The molecule has 0 spiro atoms.